The topological polar surface area (TPSA) is 92.9 Å². The molecule has 1 amide bonds. The second kappa shape index (κ2) is 6.21. The molecule has 0 radical (unpaired) electrons. The zero-order chi connectivity index (χ0) is 14.5. The predicted octanol–water partition coefficient (Wildman–Crippen LogP) is 1.09. The fourth-order valence-electron chi connectivity index (χ4n) is 1.84. The molecule has 0 aliphatic rings. The molecule has 0 bridgehead atoms. The van der Waals surface area contributed by atoms with E-state index in [4.69, 9.17) is 5.73 Å². The number of nitrogens with two attached hydrogens (primary N) is 1. The summed E-state index contributed by atoms with van der Waals surface area (Å²) in [6, 6.07) is 7.08. The van der Waals surface area contributed by atoms with Crippen LogP contribution >= 0.6 is 0 Å². The molecule has 0 saturated carbocycles. The fraction of sp³-hybridized carbons (Fsp3) is 0.286. The van der Waals surface area contributed by atoms with Gasteiger partial charge in [0.25, 0.3) is 0 Å². The molecule has 0 saturated heterocycles. The lowest BCUT2D eigenvalue weighted by atomic mass is 10.1. The van der Waals surface area contributed by atoms with E-state index >= 15 is 0 Å². The number of rotatable bonds is 5. The molecule has 4 N–H and O–H groups in total. The minimum atomic E-state index is -0.196. The molecule has 2 rings (SSSR count). The van der Waals surface area contributed by atoms with E-state index in [2.05, 4.69) is 10.3 Å². The molecule has 6 nitrogen and oxygen atoms in total. The second-order valence-electron chi connectivity index (χ2n) is 4.78. The van der Waals surface area contributed by atoms with Crippen LogP contribution < -0.4 is 16.7 Å². The standard InChI is InChI=1S/C14H18N4O2/c1-10(9-15)8-13(19)17-11-2-4-12(5-3-11)18-7-6-16-14(18)20/h2-7,10H,8-9,15H2,1H3,(H,16,20)(H,17,19). The van der Waals surface area contributed by atoms with Gasteiger partial charge in [-0.3, -0.25) is 9.36 Å². The minimum Gasteiger partial charge on any atom is -0.330 e. The molecule has 1 aromatic carbocycles. The van der Waals surface area contributed by atoms with E-state index < -0.39 is 0 Å². The summed E-state index contributed by atoms with van der Waals surface area (Å²) in [5.74, 6) is 0.0993. The molecule has 0 fully saturated rings. The highest BCUT2D eigenvalue weighted by atomic mass is 16.2. The lowest BCUT2D eigenvalue weighted by Gasteiger charge is -2.09. The zero-order valence-corrected chi connectivity index (χ0v) is 11.3. The molecule has 0 aliphatic carbocycles. The molecular weight excluding hydrogens is 256 g/mol. The van der Waals surface area contributed by atoms with Crippen LogP contribution in [0.15, 0.2) is 41.5 Å². The van der Waals surface area contributed by atoms with Crippen LogP contribution in [-0.2, 0) is 4.79 Å². The van der Waals surface area contributed by atoms with Gasteiger partial charge in [0.2, 0.25) is 5.91 Å². The number of nitrogens with zero attached hydrogens (tertiary/aromatic N) is 1. The van der Waals surface area contributed by atoms with Crippen molar-refractivity contribution in [3.05, 3.63) is 47.1 Å². The summed E-state index contributed by atoms with van der Waals surface area (Å²) in [5, 5.41) is 2.80. The average molecular weight is 274 g/mol. The Bertz CT molecular complexity index is 627. The number of nitrogens with one attached hydrogen (secondary N) is 2. The summed E-state index contributed by atoms with van der Waals surface area (Å²) in [6.07, 6.45) is 3.63. The normalized spacial score (nSPS) is 12.1. The van der Waals surface area contributed by atoms with Gasteiger partial charge in [0.1, 0.15) is 0 Å². The molecule has 0 spiro atoms. The van der Waals surface area contributed by atoms with Gasteiger partial charge in [0.05, 0.1) is 5.69 Å². The van der Waals surface area contributed by atoms with E-state index in [0.29, 0.717) is 18.7 Å². The van der Waals surface area contributed by atoms with Gasteiger partial charge in [0, 0.05) is 24.5 Å². The van der Waals surface area contributed by atoms with Crippen LogP contribution in [0, 0.1) is 5.92 Å². The number of hydrogen-bond acceptors (Lipinski definition) is 3. The van der Waals surface area contributed by atoms with Crippen LogP contribution in [0.4, 0.5) is 5.69 Å². The second-order valence-corrected chi connectivity index (χ2v) is 4.78. The van der Waals surface area contributed by atoms with Crippen LogP contribution in [0.2, 0.25) is 0 Å². The Morgan fingerprint density at radius 3 is 2.65 bits per heavy atom. The van der Waals surface area contributed by atoms with Crippen molar-refractivity contribution in [3.8, 4) is 5.69 Å². The largest absolute Gasteiger partial charge is 0.330 e. The maximum absolute atomic E-state index is 11.7. The number of aromatic nitrogens is 2. The number of carbonyl (C=O) groups is 1. The number of imidazole rings is 1. The molecular formula is C14H18N4O2. The molecule has 1 aromatic heterocycles. The first kappa shape index (κ1) is 14.1. The third kappa shape index (κ3) is 3.36. The molecule has 0 aliphatic heterocycles. The van der Waals surface area contributed by atoms with Crippen molar-refractivity contribution in [2.75, 3.05) is 11.9 Å². The Labute approximate surface area is 116 Å². The van der Waals surface area contributed by atoms with Crippen LogP contribution in [0.5, 0.6) is 0 Å². The molecule has 106 valence electrons. The van der Waals surface area contributed by atoms with Crippen molar-refractivity contribution in [2.24, 2.45) is 11.7 Å². The highest BCUT2D eigenvalue weighted by Gasteiger charge is 2.08. The number of hydrogen-bond donors (Lipinski definition) is 3. The maximum Gasteiger partial charge on any atom is 0.330 e. The average Bonchev–Trinajstić information content (AvgIpc) is 2.85. The SMILES string of the molecule is CC(CN)CC(=O)Nc1ccc(-n2cc[nH]c2=O)cc1. The molecule has 20 heavy (non-hydrogen) atoms. The number of anilines is 1. The Kier molecular flexibility index (Phi) is 4.37. The maximum atomic E-state index is 11.7. The lowest BCUT2D eigenvalue weighted by Crippen LogP contribution is -2.20. The van der Waals surface area contributed by atoms with E-state index in [1.54, 1.807) is 36.7 Å². The predicted molar refractivity (Wildman–Crippen MR) is 77.9 cm³/mol. The molecule has 2 aromatic rings. The van der Waals surface area contributed by atoms with Crippen molar-refractivity contribution in [1.29, 1.82) is 0 Å². The van der Waals surface area contributed by atoms with Gasteiger partial charge in [-0.2, -0.15) is 0 Å². The van der Waals surface area contributed by atoms with Crippen molar-refractivity contribution >= 4 is 11.6 Å². The number of amides is 1. The van der Waals surface area contributed by atoms with E-state index in [-0.39, 0.29) is 17.5 Å². The van der Waals surface area contributed by atoms with Crippen LogP contribution in [0.3, 0.4) is 0 Å². The van der Waals surface area contributed by atoms with Crippen LogP contribution in [0.25, 0.3) is 5.69 Å². The summed E-state index contributed by atoms with van der Waals surface area (Å²) in [5.41, 5.74) is 6.73. The summed E-state index contributed by atoms with van der Waals surface area (Å²) in [4.78, 5) is 25.8. The van der Waals surface area contributed by atoms with Gasteiger partial charge >= 0.3 is 5.69 Å². The molecule has 1 heterocycles. The Morgan fingerprint density at radius 2 is 2.10 bits per heavy atom. The van der Waals surface area contributed by atoms with Crippen LogP contribution in [-0.4, -0.2) is 22.0 Å². The number of carbonyl (C=O) groups excluding carboxylic acids is 1. The number of aromatic amines is 1. The van der Waals surface area contributed by atoms with Gasteiger partial charge < -0.3 is 16.0 Å². The summed E-state index contributed by atoms with van der Waals surface area (Å²) >= 11 is 0. The van der Waals surface area contributed by atoms with Crippen molar-refractivity contribution < 1.29 is 4.79 Å². The first-order valence-corrected chi connectivity index (χ1v) is 6.46. The Morgan fingerprint density at radius 1 is 1.40 bits per heavy atom. The van der Waals surface area contributed by atoms with Crippen molar-refractivity contribution in [1.82, 2.24) is 9.55 Å². The fourth-order valence-corrected chi connectivity index (χ4v) is 1.84. The molecule has 1 atom stereocenters. The lowest BCUT2D eigenvalue weighted by molar-refractivity contribution is -0.116. The third-order valence-corrected chi connectivity index (χ3v) is 3.01. The van der Waals surface area contributed by atoms with E-state index in [0.717, 1.165) is 5.69 Å². The first-order chi connectivity index (χ1) is 9.60. The molecule has 1 unspecified atom stereocenters. The van der Waals surface area contributed by atoms with Crippen LogP contribution in [0.1, 0.15) is 13.3 Å². The van der Waals surface area contributed by atoms with Gasteiger partial charge in [-0.1, -0.05) is 6.92 Å². The summed E-state index contributed by atoms with van der Waals surface area (Å²) in [6.45, 7) is 2.42. The minimum absolute atomic E-state index is 0.0606. The third-order valence-electron chi connectivity index (χ3n) is 3.01. The Hall–Kier alpha value is -2.34. The van der Waals surface area contributed by atoms with Gasteiger partial charge in [-0.25, -0.2) is 4.79 Å². The number of H-pyrrole nitrogens is 1. The highest BCUT2D eigenvalue weighted by molar-refractivity contribution is 5.90. The zero-order valence-electron chi connectivity index (χ0n) is 11.3. The van der Waals surface area contributed by atoms with E-state index in [1.165, 1.54) is 4.57 Å². The Balaban J connectivity index is 2.04. The summed E-state index contributed by atoms with van der Waals surface area (Å²) in [7, 11) is 0. The number of benzene rings is 1. The van der Waals surface area contributed by atoms with Gasteiger partial charge in [-0.05, 0) is 36.7 Å². The summed E-state index contributed by atoms with van der Waals surface area (Å²) < 4.78 is 1.49. The van der Waals surface area contributed by atoms with Gasteiger partial charge in [-0.15, -0.1) is 0 Å². The monoisotopic (exact) mass is 274 g/mol. The van der Waals surface area contributed by atoms with Gasteiger partial charge in [0.15, 0.2) is 0 Å². The van der Waals surface area contributed by atoms with Crippen molar-refractivity contribution in [3.63, 3.8) is 0 Å². The van der Waals surface area contributed by atoms with E-state index in [1.807, 2.05) is 6.92 Å². The highest BCUT2D eigenvalue weighted by Crippen LogP contribution is 2.13. The van der Waals surface area contributed by atoms with Crippen molar-refractivity contribution in [2.45, 2.75) is 13.3 Å². The first-order valence-electron chi connectivity index (χ1n) is 6.46. The molecule has 6 heteroatoms. The quantitative estimate of drug-likeness (QED) is 0.762. The smallest absolute Gasteiger partial charge is 0.330 e. The van der Waals surface area contributed by atoms with E-state index in [9.17, 15) is 9.59 Å².